The number of hydrogen-bond acceptors (Lipinski definition) is 2. The lowest BCUT2D eigenvalue weighted by Gasteiger charge is -2.04. The predicted octanol–water partition coefficient (Wildman–Crippen LogP) is 0.516. The zero-order chi connectivity index (χ0) is 13.1. The van der Waals surface area contributed by atoms with Crippen molar-refractivity contribution < 1.29 is 14.5 Å². The molecule has 1 aromatic carbocycles. The van der Waals surface area contributed by atoms with Crippen molar-refractivity contribution in [3.8, 4) is 0 Å². The number of aromatic nitrogens is 2. The van der Waals surface area contributed by atoms with E-state index in [1.54, 1.807) is 12.1 Å². The molecule has 0 radical (unpaired) electrons. The topological polar surface area (TPSA) is 48.9 Å². The molecule has 0 atom stereocenters. The first-order valence-corrected chi connectivity index (χ1v) is 5.97. The minimum atomic E-state index is -1.14. The molecule has 0 N–H and O–H groups in total. The summed E-state index contributed by atoms with van der Waals surface area (Å²) in [4.78, 5) is 10.6. The van der Waals surface area contributed by atoms with Crippen LogP contribution in [-0.2, 0) is 13.1 Å². The molecule has 4 nitrogen and oxygen atoms in total. The van der Waals surface area contributed by atoms with Crippen molar-refractivity contribution in [1.82, 2.24) is 4.57 Å². The number of benzene rings is 1. The van der Waals surface area contributed by atoms with Gasteiger partial charge in [-0.1, -0.05) is 24.3 Å². The molecule has 1 heterocycles. The van der Waals surface area contributed by atoms with Gasteiger partial charge in [-0.2, -0.15) is 0 Å². The summed E-state index contributed by atoms with van der Waals surface area (Å²) in [5, 5.41) is 10.6. The number of aryl methyl sites for hydroxylation is 1. The third-order valence-electron chi connectivity index (χ3n) is 3.14. The van der Waals surface area contributed by atoms with Gasteiger partial charge in [0, 0.05) is 6.92 Å². The summed E-state index contributed by atoms with van der Waals surface area (Å²) in [6.07, 6.45) is 4.08. The quantitative estimate of drug-likeness (QED) is 0.736. The molecule has 4 heteroatoms. The van der Waals surface area contributed by atoms with Crippen molar-refractivity contribution in [3.05, 3.63) is 53.6 Å². The van der Waals surface area contributed by atoms with Crippen LogP contribution in [-0.4, -0.2) is 10.5 Å². The Morgan fingerprint density at radius 1 is 1.33 bits per heavy atom. The Bertz CT molecular complexity index is 556. The number of carboxylic acid groups (broad SMARTS) is 1. The molecular weight excluding hydrogens is 228 g/mol. The highest BCUT2D eigenvalue weighted by atomic mass is 16.4. The van der Waals surface area contributed by atoms with Crippen molar-refractivity contribution in [3.63, 3.8) is 0 Å². The van der Waals surface area contributed by atoms with Gasteiger partial charge in [-0.25, -0.2) is 9.13 Å². The van der Waals surface area contributed by atoms with Crippen molar-refractivity contribution in [2.24, 2.45) is 0 Å². The lowest BCUT2D eigenvalue weighted by molar-refractivity contribution is -0.694. The Hall–Kier alpha value is -2.10. The van der Waals surface area contributed by atoms with Gasteiger partial charge in [0.25, 0.3) is 5.82 Å². The third-order valence-corrected chi connectivity index (χ3v) is 3.14. The van der Waals surface area contributed by atoms with E-state index in [2.05, 4.69) is 23.0 Å². The maximum Gasteiger partial charge on any atom is 0.253 e. The van der Waals surface area contributed by atoms with Gasteiger partial charge in [-0.3, -0.25) is 0 Å². The first-order chi connectivity index (χ1) is 8.61. The normalized spacial score (nSPS) is 10.6. The molecule has 0 amide bonds. The van der Waals surface area contributed by atoms with E-state index in [1.807, 2.05) is 24.5 Å². The number of rotatable bonds is 4. The van der Waals surface area contributed by atoms with Crippen molar-refractivity contribution in [2.75, 3.05) is 0 Å². The SMILES string of the molecule is CCn1cc[n+](Cc2ccc(C(=O)[O-])cc2)c1C. The summed E-state index contributed by atoms with van der Waals surface area (Å²) >= 11 is 0. The Balaban J connectivity index is 2.18. The molecular formula is C14H16N2O2. The van der Waals surface area contributed by atoms with Gasteiger partial charge >= 0.3 is 0 Å². The minimum Gasteiger partial charge on any atom is -0.545 e. The lowest BCUT2D eigenvalue weighted by atomic mass is 10.1. The molecule has 0 saturated heterocycles. The second-order valence-corrected chi connectivity index (χ2v) is 4.24. The van der Waals surface area contributed by atoms with Crippen molar-refractivity contribution in [1.29, 1.82) is 0 Å². The molecule has 94 valence electrons. The van der Waals surface area contributed by atoms with Gasteiger partial charge in [-0.15, -0.1) is 0 Å². The average molecular weight is 244 g/mol. The Kier molecular flexibility index (Phi) is 3.46. The monoisotopic (exact) mass is 244 g/mol. The fourth-order valence-corrected chi connectivity index (χ4v) is 1.99. The van der Waals surface area contributed by atoms with Gasteiger partial charge in [0.15, 0.2) is 0 Å². The number of nitrogens with zero attached hydrogens (tertiary/aromatic N) is 2. The number of aromatic carboxylic acids is 1. The predicted molar refractivity (Wildman–Crippen MR) is 64.9 cm³/mol. The van der Waals surface area contributed by atoms with Crippen LogP contribution < -0.4 is 9.67 Å². The fourth-order valence-electron chi connectivity index (χ4n) is 1.99. The number of carboxylic acids is 1. The largest absolute Gasteiger partial charge is 0.545 e. The summed E-state index contributed by atoms with van der Waals surface area (Å²) in [7, 11) is 0. The van der Waals surface area contributed by atoms with Crippen LogP contribution in [0.1, 0.15) is 28.7 Å². The highest BCUT2D eigenvalue weighted by Gasteiger charge is 2.10. The number of hydrogen-bond donors (Lipinski definition) is 0. The molecule has 0 aliphatic carbocycles. The highest BCUT2D eigenvalue weighted by molar-refractivity contribution is 5.85. The maximum absolute atomic E-state index is 10.6. The number of imidazole rings is 1. The highest BCUT2D eigenvalue weighted by Crippen LogP contribution is 2.04. The molecule has 0 bridgehead atoms. The fraction of sp³-hybridized carbons (Fsp3) is 0.286. The van der Waals surface area contributed by atoms with Crippen LogP contribution in [0.3, 0.4) is 0 Å². The van der Waals surface area contributed by atoms with Crippen molar-refractivity contribution in [2.45, 2.75) is 26.9 Å². The summed E-state index contributed by atoms with van der Waals surface area (Å²) in [5.41, 5.74) is 1.29. The summed E-state index contributed by atoms with van der Waals surface area (Å²) in [6.45, 7) is 5.86. The number of carbonyl (C=O) groups excluding carboxylic acids is 1. The van der Waals surface area contributed by atoms with Crippen LogP contribution in [0.25, 0.3) is 0 Å². The van der Waals surface area contributed by atoms with Crippen LogP contribution >= 0.6 is 0 Å². The van der Waals surface area contributed by atoms with E-state index >= 15 is 0 Å². The molecule has 1 aromatic heterocycles. The molecule has 2 rings (SSSR count). The van der Waals surface area contributed by atoms with Gasteiger partial charge in [0.05, 0.1) is 12.5 Å². The van der Waals surface area contributed by atoms with Crippen LogP contribution in [0.15, 0.2) is 36.7 Å². The second-order valence-electron chi connectivity index (χ2n) is 4.24. The first-order valence-electron chi connectivity index (χ1n) is 5.97. The molecule has 0 spiro atoms. The van der Waals surface area contributed by atoms with E-state index in [0.29, 0.717) is 0 Å². The second kappa shape index (κ2) is 5.04. The summed E-state index contributed by atoms with van der Waals surface area (Å²) in [6, 6.07) is 6.80. The zero-order valence-corrected chi connectivity index (χ0v) is 10.6. The molecule has 0 saturated carbocycles. The third kappa shape index (κ3) is 2.42. The summed E-state index contributed by atoms with van der Waals surface area (Å²) in [5.74, 6) is 0.0454. The Morgan fingerprint density at radius 2 is 2.00 bits per heavy atom. The summed E-state index contributed by atoms with van der Waals surface area (Å²) < 4.78 is 4.30. The van der Waals surface area contributed by atoms with E-state index in [4.69, 9.17) is 0 Å². The smallest absolute Gasteiger partial charge is 0.253 e. The van der Waals surface area contributed by atoms with Gasteiger partial charge < -0.3 is 9.90 Å². The zero-order valence-electron chi connectivity index (χ0n) is 10.6. The van der Waals surface area contributed by atoms with E-state index in [1.165, 1.54) is 5.82 Å². The first kappa shape index (κ1) is 12.4. The van der Waals surface area contributed by atoms with Crippen LogP contribution in [0.2, 0.25) is 0 Å². The standard InChI is InChI=1S/C14H16N2O2/c1-3-15-8-9-16(11(15)2)10-12-4-6-13(7-5-12)14(17)18/h4-9H,3,10H2,1-2H3. The van der Waals surface area contributed by atoms with Crippen LogP contribution in [0.4, 0.5) is 0 Å². The Labute approximate surface area is 106 Å². The van der Waals surface area contributed by atoms with Crippen molar-refractivity contribution >= 4 is 5.97 Å². The Morgan fingerprint density at radius 3 is 2.50 bits per heavy atom. The van der Waals surface area contributed by atoms with E-state index in [0.717, 1.165) is 18.7 Å². The van der Waals surface area contributed by atoms with Gasteiger partial charge in [0.2, 0.25) is 0 Å². The minimum absolute atomic E-state index is 0.214. The van der Waals surface area contributed by atoms with Crippen LogP contribution in [0.5, 0.6) is 0 Å². The van der Waals surface area contributed by atoms with E-state index < -0.39 is 5.97 Å². The number of carbonyl (C=O) groups is 1. The van der Waals surface area contributed by atoms with Crippen LogP contribution in [0, 0.1) is 6.92 Å². The lowest BCUT2D eigenvalue weighted by Crippen LogP contribution is -2.36. The molecule has 0 unspecified atom stereocenters. The van der Waals surface area contributed by atoms with Gasteiger partial charge in [-0.05, 0) is 18.1 Å². The maximum atomic E-state index is 10.6. The molecule has 18 heavy (non-hydrogen) atoms. The average Bonchev–Trinajstić information content (AvgIpc) is 2.71. The molecule has 0 aliphatic rings. The molecule has 0 fully saturated rings. The van der Waals surface area contributed by atoms with E-state index in [-0.39, 0.29) is 5.56 Å². The molecule has 2 aromatic rings. The van der Waals surface area contributed by atoms with Gasteiger partial charge in [0.1, 0.15) is 18.9 Å². The van der Waals surface area contributed by atoms with E-state index in [9.17, 15) is 9.90 Å². The molecule has 0 aliphatic heterocycles.